The molecule has 2 aliphatic heterocycles. The monoisotopic (exact) mass is 323 g/mol. The highest BCUT2D eigenvalue weighted by atomic mass is 16.6. The fourth-order valence-corrected chi connectivity index (χ4v) is 4.45. The third-order valence-corrected chi connectivity index (χ3v) is 5.45. The number of amides is 1. The van der Waals surface area contributed by atoms with Gasteiger partial charge in [-0.05, 0) is 78.8 Å². The van der Waals surface area contributed by atoms with E-state index >= 15 is 0 Å². The summed E-state index contributed by atoms with van der Waals surface area (Å²) in [5.41, 5.74) is -0.421. The molecule has 1 amide bonds. The SMILES string of the molecule is CC(C)(C)OC(=O)NC1CCC(NC2CCN3CCCC3C2)C1. The highest BCUT2D eigenvalue weighted by Gasteiger charge is 2.34. The molecule has 2 saturated heterocycles. The van der Waals surface area contributed by atoms with E-state index in [0.29, 0.717) is 12.1 Å². The van der Waals surface area contributed by atoms with Crippen LogP contribution in [0.4, 0.5) is 4.79 Å². The van der Waals surface area contributed by atoms with Crippen molar-refractivity contribution in [3.05, 3.63) is 0 Å². The third kappa shape index (κ3) is 4.83. The Hall–Kier alpha value is -0.810. The van der Waals surface area contributed by atoms with Gasteiger partial charge < -0.3 is 20.3 Å². The summed E-state index contributed by atoms with van der Waals surface area (Å²) < 4.78 is 5.36. The molecule has 0 aromatic heterocycles. The van der Waals surface area contributed by atoms with Crippen LogP contribution in [0.2, 0.25) is 0 Å². The van der Waals surface area contributed by atoms with Crippen LogP contribution in [0.5, 0.6) is 0 Å². The molecule has 0 aromatic rings. The molecule has 2 N–H and O–H groups in total. The van der Waals surface area contributed by atoms with Crippen molar-refractivity contribution in [2.45, 2.75) is 95.5 Å². The first-order valence-corrected chi connectivity index (χ1v) is 9.39. The van der Waals surface area contributed by atoms with Crippen molar-refractivity contribution in [3.63, 3.8) is 0 Å². The minimum absolute atomic E-state index is 0.258. The number of nitrogens with zero attached hydrogens (tertiary/aromatic N) is 1. The van der Waals surface area contributed by atoms with E-state index < -0.39 is 5.60 Å². The Bertz CT molecular complexity index is 421. The molecular weight excluding hydrogens is 290 g/mol. The Balaban J connectivity index is 1.39. The van der Waals surface area contributed by atoms with Crippen LogP contribution in [-0.4, -0.2) is 53.9 Å². The van der Waals surface area contributed by atoms with Crippen LogP contribution < -0.4 is 10.6 Å². The largest absolute Gasteiger partial charge is 0.444 e. The molecule has 1 aliphatic carbocycles. The molecule has 0 radical (unpaired) electrons. The summed E-state index contributed by atoms with van der Waals surface area (Å²) in [6.07, 6.45) is 8.31. The first-order chi connectivity index (χ1) is 10.9. The summed E-state index contributed by atoms with van der Waals surface area (Å²) in [6, 6.07) is 2.29. The predicted octanol–water partition coefficient (Wildman–Crippen LogP) is 2.65. The normalized spacial score (nSPS) is 35.1. The number of nitrogens with one attached hydrogen (secondary N) is 2. The molecule has 2 heterocycles. The quantitative estimate of drug-likeness (QED) is 0.838. The second-order valence-electron chi connectivity index (χ2n) is 8.57. The molecule has 4 atom stereocenters. The minimum Gasteiger partial charge on any atom is -0.444 e. The minimum atomic E-state index is -0.421. The number of rotatable bonds is 3. The van der Waals surface area contributed by atoms with Crippen LogP contribution >= 0.6 is 0 Å². The number of carbonyl (C=O) groups is 1. The zero-order valence-electron chi connectivity index (χ0n) is 14.9. The van der Waals surface area contributed by atoms with Crippen LogP contribution in [0.25, 0.3) is 0 Å². The molecule has 23 heavy (non-hydrogen) atoms. The first-order valence-electron chi connectivity index (χ1n) is 9.39. The average Bonchev–Trinajstić information content (AvgIpc) is 3.05. The van der Waals surface area contributed by atoms with E-state index in [2.05, 4.69) is 15.5 Å². The van der Waals surface area contributed by atoms with Gasteiger partial charge in [-0.2, -0.15) is 0 Å². The van der Waals surface area contributed by atoms with Crippen molar-refractivity contribution in [2.75, 3.05) is 13.1 Å². The number of alkyl carbamates (subject to hydrolysis) is 1. The Morgan fingerprint density at radius 3 is 2.52 bits per heavy atom. The van der Waals surface area contributed by atoms with Gasteiger partial charge in [0, 0.05) is 24.2 Å². The molecule has 0 bridgehead atoms. The molecule has 5 heteroatoms. The van der Waals surface area contributed by atoms with E-state index in [0.717, 1.165) is 25.3 Å². The second kappa shape index (κ2) is 6.98. The Morgan fingerprint density at radius 1 is 1.00 bits per heavy atom. The Kier molecular flexibility index (Phi) is 5.16. The summed E-state index contributed by atoms with van der Waals surface area (Å²) in [4.78, 5) is 14.5. The van der Waals surface area contributed by atoms with E-state index in [9.17, 15) is 4.79 Å². The standard InChI is InChI=1S/C18H33N3O2/c1-18(2,3)23-17(22)20-14-7-6-13(11-14)19-15-8-10-21-9-4-5-16(21)12-15/h13-16,19H,4-12H2,1-3H3,(H,20,22). The lowest BCUT2D eigenvalue weighted by atomic mass is 9.96. The molecule has 1 saturated carbocycles. The van der Waals surface area contributed by atoms with Crippen molar-refractivity contribution in [1.82, 2.24) is 15.5 Å². The summed E-state index contributed by atoms with van der Waals surface area (Å²) >= 11 is 0. The number of piperidine rings is 1. The number of fused-ring (bicyclic) bond motifs is 1. The van der Waals surface area contributed by atoms with E-state index in [4.69, 9.17) is 4.74 Å². The summed E-state index contributed by atoms with van der Waals surface area (Å²) in [6.45, 7) is 8.28. The second-order valence-corrected chi connectivity index (χ2v) is 8.57. The predicted molar refractivity (Wildman–Crippen MR) is 91.5 cm³/mol. The highest BCUT2D eigenvalue weighted by molar-refractivity contribution is 5.68. The molecule has 3 fully saturated rings. The van der Waals surface area contributed by atoms with E-state index in [1.807, 2.05) is 20.8 Å². The lowest BCUT2D eigenvalue weighted by molar-refractivity contribution is 0.0505. The van der Waals surface area contributed by atoms with Crippen molar-refractivity contribution < 1.29 is 9.53 Å². The third-order valence-electron chi connectivity index (χ3n) is 5.45. The van der Waals surface area contributed by atoms with Crippen LogP contribution in [0.15, 0.2) is 0 Å². The van der Waals surface area contributed by atoms with Crippen LogP contribution in [0.1, 0.15) is 65.7 Å². The van der Waals surface area contributed by atoms with Crippen molar-refractivity contribution in [1.29, 1.82) is 0 Å². The van der Waals surface area contributed by atoms with Crippen LogP contribution in [0, 0.1) is 0 Å². The Morgan fingerprint density at radius 2 is 1.74 bits per heavy atom. The molecule has 132 valence electrons. The molecule has 5 nitrogen and oxygen atoms in total. The topological polar surface area (TPSA) is 53.6 Å². The lowest BCUT2D eigenvalue weighted by Gasteiger charge is -2.36. The van der Waals surface area contributed by atoms with E-state index in [1.54, 1.807) is 0 Å². The van der Waals surface area contributed by atoms with Gasteiger partial charge in [0.05, 0.1) is 0 Å². The molecule has 3 aliphatic rings. The summed E-state index contributed by atoms with van der Waals surface area (Å²) in [7, 11) is 0. The zero-order chi connectivity index (χ0) is 16.4. The summed E-state index contributed by atoms with van der Waals surface area (Å²) in [5, 5.41) is 6.89. The average molecular weight is 323 g/mol. The van der Waals surface area contributed by atoms with E-state index in [-0.39, 0.29) is 12.1 Å². The molecular formula is C18H33N3O2. The van der Waals surface area contributed by atoms with Gasteiger partial charge in [-0.3, -0.25) is 0 Å². The maximum atomic E-state index is 11.9. The van der Waals surface area contributed by atoms with Gasteiger partial charge >= 0.3 is 6.09 Å². The first kappa shape index (κ1) is 17.0. The lowest BCUT2D eigenvalue weighted by Crippen LogP contribution is -2.48. The van der Waals surface area contributed by atoms with Gasteiger partial charge in [-0.25, -0.2) is 4.79 Å². The maximum absolute atomic E-state index is 11.9. The fraction of sp³-hybridized carbons (Fsp3) is 0.944. The number of carbonyl (C=O) groups excluding carboxylic acids is 1. The van der Waals surface area contributed by atoms with E-state index in [1.165, 1.54) is 38.8 Å². The van der Waals surface area contributed by atoms with Gasteiger partial charge in [0.2, 0.25) is 0 Å². The molecule has 0 aromatic carbocycles. The molecule has 4 unspecified atom stereocenters. The zero-order valence-corrected chi connectivity index (χ0v) is 14.9. The van der Waals surface area contributed by atoms with Gasteiger partial charge in [-0.1, -0.05) is 0 Å². The number of hydrogen-bond donors (Lipinski definition) is 2. The Labute approximate surface area is 140 Å². The fourth-order valence-electron chi connectivity index (χ4n) is 4.45. The van der Waals surface area contributed by atoms with Crippen molar-refractivity contribution in [3.8, 4) is 0 Å². The number of ether oxygens (including phenoxy) is 1. The smallest absolute Gasteiger partial charge is 0.407 e. The van der Waals surface area contributed by atoms with Crippen molar-refractivity contribution >= 4 is 6.09 Å². The van der Waals surface area contributed by atoms with Gasteiger partial charge in [0.1, 0.15) is 5.60 Å². The van der Waals surface area contributed by atoms with Gasteiger partial charge in [-0.15, -0.1) is 0 Å². The summed E-state index contributed by atoms with van der Waals surface area (Å²) in [5.74, 6) is 0. The van der Waals surface area contributed by atoms with Crippen LogP contribution in [-0.2, 0) is 4.74 Å². The molecule has 3 rings (SSSR count). The highest BCUT2D eigenvalue weighted by Crippen LogP contribution is 2.28. The number of hydrogen-bond acceptors (Lipinski definition) is 4. The van der Waals surface area contributed by atoms with Crippen LogP contribution in [0.3, 0.4) is 0 Å². The maximum Gasteiger partial charge on any atom is 0.407 e. The van der Waals surface area contributed by atoms with Crippen molar-refractivity contribution in [2.24, 2.45) is 0 Å². The van der Waals surface area contributed by atoms with Gasteiger partial charge in [0.15, 0.2) is 0 Å². The molecule has 0 spiro atoms. The van der Waals surface area contributed by atoms with Gasteiger partial charge in [0.25, 0.3) is 0 Å².